The predicted molar refractivity (Wildman–Crippen MR) is 118 cm³/mol. The fourth-order valence-corrected chi connectivity index (χ4v) is 3.27. The fourth-order valence-electron chi connectivity index (χ4n) is 3.27. The molecule has 6 heteroatoms. The molecule has 5 nitrogen and oxygen atoms in total. The second kappa shape index (κ2) is 9.26. The number of rotatable bonds is 7. The van der Waals surface area contributed by atoms with E-state index >= 15 is 0 Å². The van der Waals surface area contributed by atoms with Gasteiger partial charge in [-0.25, -0.2) is 9.07 Å². The van der Waals surface area contributed by atoms with E-state index in [9.17, 15) is 9.18 Å². The maximum absolute atomic E-state index is 13.4. The van der Waals surface area contributed by atoms with Crippen molar-refractivity contribution in [1.29, 1.82) is 0 Å². The lowest BCUT2D eigenvalue weighted by Gasteiger charge is -2.11. The Kier molecular flexibility index (Phi) is 6.08. The number of carbonyl (C=O) groups is 1. The average molecular weight is 415 g/mol. The number of nitrogens with one attached hydrogen (secondary N) is 1. The Morgan fingerprint density at radius 2 is 1.61 bits per heavy atom. The highest BCUT2D eigenvalue weighted by atomic mass is 19.1. The van der Waals surface area contributed by atoms with Crippen LogP contribution in [0.1, 0.15) is 17.7 Å². The molecule has 0 aliphatic heterocycles. The van der Waals surface area contributed by atoms with Crippen LogP contribution in [0, 0.1) is 12.7 Å². The van der Waals surface area contributed by atoms with Crippen LogP contribution in [-0.2, 0) is 11.2 Å². The van der Waals surface area contributed by atoms with Crippen LogP contribution in [0.3, 0.4) is 0 Å². The molecule has 1 aromatic heterocycles. The fraction of sp³-hybridized carbons (Fsp3) is 0.120. The second-order valence-electron chi connectivity index (χ2n) is 7.09. The molecule has 1 amide bonds. The highest BCUT2D eigenvalue weighted by Crippen LogP contribution is 2.31. The summed E-state index contributed by atoms with van der Waals surface area (Å²) in [7, 11) is 0. The summed E-state index contributed by atoms with van der Waals surface area (Å²) < 4.78 is 21.2. The van der Waals surface area contributed by atoms with E-state index in [-0.39, 0.29) is 18.1 Å². The van der Waals surface area contributed by atoms with Gasteiger partial charge in [0.1, 0.15) is 11.6 Å². The Hall–Kier alpha value is -3.93. The first-order valence-corrected chi connectivity index (χ1v) is 10.0. The van der Waals surface area contributed by atoms with Gasteiger partial charge in [0.25, 0.3) is 0 Å². The highest BCUT2D eigenvalue weighted by Gasteiger charge is 2.20. The molecule has 156 valence electrons. The number of para-hydroxylation sites is 2. The number of aromatic nitrogens is 2. The van der Waals surface area contributed by atoms with E-state index in [0.717, 1.165) is 16.9 Å². The van der Waals surface area contributed by atoms with Gasteiger partial charge < -0.3 is 10.1 Å². The molecule has 0 saturated heterocycles. The van der Waals surface area contributed by atoms with Gasteiger partial charge in [0, 0.05) is 17.7 Å². The Morgan fingerprint density at radius 3 is 2.29 bits per heavy atom. The summed E-state index contributed by atoms with van der Waals surface area (Å²) in [5.41, 5.74) is 3.02. The number of hydrogen-bond donors (Lipinski definition) is 1. The number of ether oxygens (including phenoxy) is 1. The third-order valence-electron chi connectivity index (χ3n) is 4.83. The van der Waals surface area contributed by atoms with Crippen molar-refractivity contribution in [2.24, 2.45) is 0 Å². The van der Waals surface area contributed by atoms with Crippen molar-refractivity contribution in [1.82, 2.24) is 9.78 Å². The molecule has 0 spiro atoms. The predicted octanol–water partition coefficient (Wildman–Crippen LogP) is 5.68. The molecule has 0 saturated carbocycles. The van der Waals surface area contributed by atoms with Crippen LogP contribution in [-0.4, -0.2) is 15.7 Å². The standard InChI is InChI=1S/C25H22FN3O2/c1-18-23(16-17-24(30)27-20-8-4-2-5-9-20)25(31-22-10-6-3-7-11-22)29(28-18)21-14-12-19(26)13-15-21/h2-15H,16-17H2,1H3,(H,27,30). The van der Waals surface area contributed by atoms with Crippen molar-refractivity contribution in [3.8, 4) is 17.3 Å². The van der Waals surface area contributed by atoms with E-state index in [1.165, 1.54) is 12.1 Å². The quantitative estimate of drug-likeness (QED) is 0.422. The second-order valence-corrected chi connectivity index (χ2v) is 7.09. The summed E-state index contributed by atoms with van der Waals surface area (Å²) in [6, 6.07) is 24.8. The first-order valence-electron chi connectivity index (χ1n) is 10.0. The zero-order chi connectivity index (χ0) is 21.6. The summed E-state index contributed by atoms with van der Waals surface area (Å²) >= 11 is 0. The molecular formula is C25H22FN3O2. The summed E-state index contributed by atoms with van der Waals surface area (Å²) in [5.74, 6) is 0.755. The summed E-state index contributed by atoms with van der Waals surface area (Å²) in [5, 5.41) is 7.50. The SMILES string of the molecule is Cc1nn(-c2ccc(F)cc2)c(Oc2ccccc2)c1CCC(=O)Nc1ccccc1. The minimum Gasteiger partial charge on any atom is -0.439 e. The third kappa shape index (κ3) is 4.98. The van der Waals surface area contributed by atoms with Crippen molar-refractivity contribution < 1.29 is 13.9 Å². The molecule has 0 aliphatic carbocycles. The van der Waals surface area contributed by atoms with Crippen molar-refractivity contribution in [2.45, 2.75) is 19.8 Å². The number of anilines is 1. The number of aryl methyl sites for hydroxylation is 1. The van der Waals surface area contributed by atoms with Gasteiger partial charge in [-0.1, -0.05) is 36.4 Å². The van der Waals surface area contributed by atoms with Crippen LogP contribution in [0.15, 0.2) is 84.9 Å². The van der Waals surface area contributed by atoms with Gasteiger partial charge in [-0.2, -0.15) is 5.10 Å². The smallest absolute Gasteiger partial charge is 0.226 e. The lowest BCUT2D eigenvalue weighted by molar-refractivity contribution is -0.116. The van der Waals surface area contributed by atoms with Crippen LogP contribution in [0.2, 0.25) is 0 Å². The van der Waals surface area contributed by atoms with Crippen LogP contribution < -0.4 is 10.1 Å². The molecule has 0 radical (unpaired) electrons. The van der Waals surface area contributed by atoms with Crippen molar-refractivity contribution in [3.63, 3.8) is 0 Å². The normalized spacial score (nSPS) is 10.6. The van der Waals surface area contributed by atoms with Gasteiger partial charge in [0.05, 0.1) is 11.4 Å². The number of hydrogen-bond acceptors (Lipinski definition) is 3. The lowest BCUT2D eigenvalue weighted by atomic mass is 10.1. The molecule has 4 aromatic rings. The van der Waals surface area contributed by atoms with E-state index in [2.05, 4.69) is 10.4 Å². The molecule has 31 heavy (non-hydrogen) atoms. The molecule has 4 rings (SSSR count). The van der Waals surface area contributed by atoms with E-state index in [1.807, 2.05) is 67.6 Å². The zero-order valence-electron chi connectivity index (χ0n) is 17.1. The summed E-state index contributed by atoms with van der Waals surface area (Å²) in [6.45, 7) is 1.88. The molecular weight excluding hydrogens is 393 g/mol. The minimum absolute atomic E-state index is 0.0919. The van der Waals surface area contributed by atoms with Gasteiger partial charge in [0.15, 0.2) is 0 Å². The van der Waals surface area contributed by atoms with Crippen LogP contribution in [0.4, 0.5) is 10.1 Å². The average Bonchev–Trinajstić information content (AvgIpc) is 3.09. The molecule has 1 N–H and O–H groups in total. The molecule has 0 fully saturated rings. The van der Waals surface area contributed by atoms with Crippen LogP contribution in [0.5, 0.6) is 11.6 Å². The van der Waals surface area contributed by atoms with Gasteiger partial charge >= 0.3 is 0 Å². The molecule has 0 unspecified atom stereocenters. The minimum atomic E-state index is -0.323. The molecule has 0 bridgehead atoms. The Balaban J connectivity index is 1.61. The van der Waals surface area contributed by atoms with Crippen LogP contribution in [0.25, 0.3) is 5.69 Å². The number of benzene rings is 3. The highest BCUT2D eigenvalue weighted by molar-refractivity contribution is 5.90. The molecule has 1 heterocycles. The molecule has 3 aromatic carbocycles. The number of amides is 1. The summed E-state index contributed by atoms with van der Waals surface area (Å²) in [6.07, 6.45) is 0.726. The Labute approximate surface area is 180 Å². The molecule has 0 aliphatic rings. The first kappa shape index (κ1) is 20.3. The molecule has 0 atom stereocenters. The van der Waals surface area contributed by atoms with Crippen molar-refractivity contribution in [2.75, 3.05) is 5.32 Å². The summed E-state index contributed by atoms with van der Waals surface area (Å²) in [4.78, 5) is 12.5. The monoisotopic (exact) mass is 415 g/mol. The number of carbonyl (C=O) groups excluding carboxylic acids is 1. The van der Waals surface area contributed by atoms with Gasteiger partial charge in [0.2, 0.25) is 11.8 Å². The number of halogens is 1. The van der Waals surface area contributed by atoms with E-state index in [1.54, 1.807) is 16.8 Å². The van der Waals surface area contributed by atoms with Gasteiger partial charge in [-0.3, -0.25) is 4.79 Å². The Bertz CT molecular complexity index is 1160. The van der Waals surface area contributed by atoms with Gasteiger partial charge in [-0.15, -0.1) is 0 Å². The zero-order valence-corrected chi connectivity index (χ0v) is 17.1. The maximum atomic E-state index is 13.4. The first-order chi connectivity index (χ1) is 15.1. The maximum Gasteiger partial charge on any atom is 0.226 e. The van der Waals surface area contributed by atoms with E-state index in [4.69, 9.17) is 4.74 Å². The van der Waals surface area contributed by atoms with Crippen molar-refractivity contribution in [3.05, 3.63) is 102 Å². The Morgan fingerprint density at radius 1 is 0.968 bits per heavy atom. The number of nitrogens with zero attached hydrogens (tertiary/aromatic N) is 2. The van der Waals surface area contributed by atoms with E-state index < -0.39 is 0 Å². The van der Waals surface area contributed by atoms with E-state index in [0.29, 0.717) is 23.7 Å². The topological polar surface area (TPSA) is 56.2 Å². The largest absolute Gasteiger partial charge is 0.439 e. The van der Waals surface area contributed by atoms with Crippen LogP contribution >= 0.6 is 0 Å². The van der Waals surface area contributed by atoms with Gasteiger partial charge in [-0.05, 0) is 61.9 Å². The lowest BCUT2D eigenvalue weighted by Crippen LogP contribution is -2.12. The third-order valence-corrected chi connectivity index (χ3v) is 4.83. The van der Waals surface area contributed by atoms with Crippen molar-refractivity contribution >= 4 is 11.6 Å².